The van der Waals surface area contributed by atoms with Gasteiger partial charge in [0.05, 0.1) is 4.92 Å². The van der Waals surface area contributed by atoms with Gasteiger partial charge < -0.3 is 20.2 Å². The monoisotopic (exact) mass is 448 g/mol. The Hall–Kier alpha value is -4.21. The smallest absolute Gasteiger partial charge is 0.407 e. The second kappa shape index (κ2) is 9.94. The number of likely N-dealkylation sites (tertiary alicyclic amines) is 1. The average molecular weight is 448 g/mol. The molecule has 170 valence electrons. The number of carbonyl (C=O) groups is 1. The first-order chi connectivity index (χ1) is 16.0. The number of benzene rings is 2. The number of anilines is 2. The zero-order valence-corrected chi connectivity index (χ0v) is 17.9. The predicted octanol–water partition coefficient (Wildman–Crippen LogP) is 3.76. The maximum atomic E-state index is 12.2. The Balaban J connectivity index is 1.67. The maximum absolute atomic E-state index is 12.2. The summed E-state index contributed by atoms with van der Waals surface area (Å²) >= 11 is 0. The summed E-state index contributed by atoms with van der Waals surface area (Å²) in [6.07, 6.45) is 0.840. The number of nitrogens with zero attached hydrogens (tertiary/aromatic N) is 5. The van der Waals surface area contributed by atoms with E-state index in [1.54, 1.807) is 0 Å². The number of nitrogens with one attached hydrogen (secondary N) is 1. The number of amides is 1. The standard InChI is InChI=1S/C23H24N6O4/c30-23(31)27-12-11-19(15-27)26-21-20(29(32)33)22(25-16-24-21)28(13-17-7-3-1-4-8-17)14-18-9-5-2-6-10-18/h1-10,16,19H,11-15H2,(H,30,31)(H,24,25,26). The minimum Gasteiger partial charge on any atom is -0.465 e. The Morgan fingerprint density at radius 1 is 1.09 bits per heavy atom. The van der Waals surface area contributed by atoms with Crippen LogP contribution >= 0.6 is 0 Å². The van der Waals surface area contributed by atoms with Gasteiger partial charge in [-0.25, -0.2) is 14.8 Å². The van der Waals surface area contributed by atoms with Gasteiger partial charge in [-0.05, 0) is 17.5 Å². The third-order valence-electron chi connectivity index (χ3n) is 5.52. The van der Waals surface area contributed by atoms with Crippen LogP contribution in [-0.2, 0) is 13.1 Å². The van der Waals surface area contributed by atoms with Gasteiger partial charge in [-0.1, -0.05) is 60.7 Å². The maximum Gasteiger partial charge on any atom is 0.407 e. The molecule has 1 amide bonds. The Morgan fingerprint density at radius 2 is 1.70 bits per heavy atom. The summed E-state index contributed by atoms with van der Waals surface area (Å²) in [7, 11) is 0. The van der Waals surface area contributed by atoms with Crippen LogP contribution in [0.15, 0.2) is 67.0 Å². The Labute approximate surface area is 190 Å². The van der Waals surface area contributed by atoms with E-state index in [0.29, 0.717) is 26.1 Å². The third kappa shape index (κ3) is 5.35. The summed E-state index contributed by atoms with van der Waals surface area (Å²) in [6, 6.07) is 19.1. The second-order valence-corrected chi connectivity index (χ2v) is 7.84. The van der Waals surface area contributed by atoms with Gasteiger partial charge in [0.2, 0.25) is 11.6 Å². The topological polar surface area (TPSA) is 125 Å². The lowest BCUT2D eigenvalue weighted by atomic mass is 10.1. The molecule has 10 nitrogen and oxygen atoms in total. The number of carboxylic acid groups (broad SMARTS) is 1. The lowest BCUT2D eigenvalue weighted by molar-refractivity contribution is -0.383. The zero-order chi connectivity index (χ0) is 23.2. The fraction of sp³-hybridized carbons (Fsp3) is 0.261. The van der Waals surface area contributed by atoms with Gasteiger partial charge in [-0.2, -0.15) is 0 Å². The van der Waals surface area contributed by atoms with Crippen LogP contribution in [0.3, 0.4) is 0 Å². The normalized spacial score (nSPS) is 15.3. The van der Waals surface area contributed by atoms with Gasteiger partial charge in [0.25, 0.3) is 0 Å². The summed E-state index contributed by atoms with van der Waals surface area (Å²) in [5.74, 6) is 0.298. The van der Waals surface area contributed by atoms with E-state index in [9.17, 15) is 20.0 Å². The van der Waals surface area contributed by atoms with Crippen molar-refractivity contribution in [3.63, 3.8) is 0 Å². The molecule has 2 heterocycles. The van der Waals surface area contributed by atoms with Crippen LogP contribution in [0.2, 0.25) is 0 Å². The van der Waals surface area contributed by atoms with Crippen LogP contribution in [0.1, 0.15) is 17.5 Å². The molecular formula is C23H24N6O4. The molecule has 1 saturated heterocycles. The largest absolute Gasteiger partial charge is 0.465 e. The van der Waals surface area contributed by atoms with E-state index in [4.69, 9.17) is 0 Å². The first-order valence-electron chi connectivity index (χ1n) is 10.6. The molecule has 1 aliphatic rings. The average Bonchev–Trinajstić information content (AvgIpc) is 3.29. The van der Waals surface area contributed by atoms with Crippen LogP contribution in [0, 0.1) is 10.1 Å². The molecule has 1 atom stereocenters. The van der Waals surface area contributed by atoms with Crippen LogP contribution < -0.4 is 10.2 Å². The summed E-state index contributed by atoms with van der Waals surface area (Å²) in [5.41, 5.74) is 1.76. The fourth-order valence-corrected chi connectivity index (χ4v) is 3.93. The first-order valence-corrected chi connectivity index (χ1v) is 10.6. The van der Waals surface area contributed by atoms with Gasteiger partial charge in [0, 0.05) is 32.2 Å². The molecule has 4 rings (SSSR count). The van der Waals surface area contributed by atoms with E-state index in [-0.39, 0.29) is 29.9 Å². The number of hydrogen-bond acceptors (Lipinski definition) is 7. The molecule has 1 fully saturated rings. The van der Waals surface area contributed by atoms with Crippen molar-refractivity contribution in [2.45, 2.75) is 25.6 Å². The van der Waals surface area contributed by atoms with Crippen LogP contribution in [0.5, 0.6) is 0 Å². The summed E-state index contributed by atoms with van der Waals surface area (Å²) < 4.78 is 0. The number of rotatable bonds is 8. The van der Waals surface area contributed by atoms with Gasteiger partial charge in [-0.3, -0.25) is 10.1 Å². The third-order valence-corrected chi connectivity index (χ3v) is 5.52. The molecule has 1 unspecified atom stereocenters. The van der Waals surface area contributed by atoms with Crippen molar-refractivity contribution >= 4 is 23.4 Å². The molecule has 0 saturated carbocycles. The van der Waals surface area contributed by atoms with Crippen LogP contribution in [0.25, 0.3) is 0 Å². The minimum absolute atomic E-state index is 0.0911. The lowest BCUT2D eigenvalue weighted by Crippen LogP contribution is -2.31. The van der Waals surface area contributed by atoms with E-state index in [2.05, 4.69) is 15.3 Å². The Morgan fingerprint density at radius 3 is 2.21 bits per heavy atom. The summed E-state index contributed by atoms with van der Waals surface area (Å²) in [4.78, 5) is 34.5. The van der Waals surface area contributed by atoms with Gasteiger partial charge >= 0.3 is 11.8 Å². The van der Waals surface area contributed by atoms with Crippen LogP contribution in [-0.4, -0.2) is 50.1 Å². The molecule has 1 aromatic heterocycles. The van der Waals surface area contributed by atoms with Crippen molar-refractivity contribution in [2.24, 2.45) is 0 Å². The molecule has 10 heteroatoms. The predicted molar refractivity (Wildman–Crippen MR) is 123 cm³/mol. The van der Waals surface area contributed by atoms with Crippen molar-refractivity contribution in [2.75, 3.05) is 23.3 Å². The molecule has 2 aromatic carbocycles. The minimum atomic E-state index is -1.01. The van der Waals surface area contributed by atoms with E-state index >= 15 is 0 Å². The highest BCUT2D eigenvalue weighted by Gasteiger charge is 2.31. The highest BCUT2D eigenvalue weighted by Crippen LogP contribution is 2.34. The van der Waals surface area contributed by atoms with E-state index < -0.39 is 11.0 Å². The quantitative estimate of drug-likeness (QED) is 0.394. The van der Waals surface area contributed by atoms with E-state index in [1.165, 1.54) is 11.2 Å². The summed E-state index contributed by atoms with van der Waals surface area (Å²) in [5, 5.41) is 24.4. The van der Waals surface area contributed by atoms with Crippen molar-refractivity contribution in [3.8, 4) is 0 Å². The van der Waals surface area contributed by atoms with Gasteiger partial charge in [0.1, 0.15) is 6.33 Å². The number of hydrogen-bond donors (Lipinski definition) is 2. The SMILES string of the molecule is O=C(O)N1CCC(Nc2ncnc(N(Cc3ccccc3)Cc3ccccc3)c2[N+](=O)[O-])C1. The molecule has 0 radical (unpaired) electrons. The highest BCUT2D eigenvalue weighted by molar-refractivity contribution is 5.71. The van der Waals surface area contributed by atoms with Crippen molar-refractivity contribution in [1.29, 1.82) is 0 Å². The molecule has 2 N–H and O–H groups in total. The van der Waals surface area contributed by atoms with E-state index in [0.717, 1.165) is 11.1 Å². The van der Waals surface area contributed by atoms with Crippen molar-refractivity contribution in [1.82, 2.24) is 14.9 Å². The number of aromatic nitrogens is 2. The molecule has 0 bridgehead atoms. The van der Waals surface area contributed by atoms with Crippen molar-refractivity contribution in [3.05, 3.63) is 88.2 Å². The highest BCUT2D eigenvalue weighted by atomic mass is 16.6. The Bertz CT molecular complexity index is 1070. The zero-order valence-electron chi connectivity index (χ0n) is 17.9. The van der Waals surface area contributed by atoms with Crippen molar-refractivity contribution < 1.29 is 14.8 Å². The van der Waals surface area contributed by atoms with E-state index in [1.807, 2.05) is 65.6 Å². The second-order valence-electron chi connectivity index (χ2n) is 7.84. The molecule has 3 aromatic rings. The molecular weight excluding hydrogens is 424 g/mol. The van der Waals surface area contributed by atoms with Crippen LogP contribution in [0.4, 0.5) is 22.1 Å². The molecule has 33 heavy (non-hydrogen) atoms. The summed E-state index contributed by atoms with van der Waals surface area (Å²) in [6.45, 7) is 1.45. The Kier molecular flexibility index (Phi) is 6.63. The van der Waals surface area contributed by atoms with Gasteiger partial charge in [-0.15, -0.1) is 0 Å². The number of nitro groups is 1. The fourth-order valence-electron chi connectivity index (χ4n) is 3.93. The molecule has 1 aliphatic heterocycles. The molecule has 0 spiro atoms. The first kappa shape index (κ1) is 22.0. The lowest BCUT2D eigenvalue weighted by Gasteiger charge is -2.24. The van der Waals surface area contributed by atoms with Gasteiger partial charge in [0.15, 0.2) is 0 Å². The molecule has 0 aliphatic carbocycles.